The maximum absolute atomic E-state index is 11.2. The number of nitrogens with one attached hydrogen (secondary N) is 1. The van der Waals surface area contributed by atoms with Crippen LogP contribution in [0.5, 0.6) is 5.75 Å². The topological polar surface area (TPSA) is 62.2 Å². The lowest BCUT2D eigenvalue weighted by molar-refractivity contribution is 0.0953. The van der Waals surface area contributed by atoms with Gasteiger partial charge in [-0.1, -0.05) is 0 Å². The van der Waals surface area contributed by atoms with Crippen LogP contribution in [0.25, 0.3) is 0 Å². The third-order valence-electron chi connectivity index (χ3n) is 1.38. The Morgan fingerprint density at radius 2 is 2.50 bits per heavy atom. The molecule has 0 unspecified atom stereocenters. The number of hydrogen-bond donors (Lipinski definition) is 2. The zero-order valence-corrected chi connectivity index (χ0v) is 6.74. The highest BCUT2D eigenvalue weighted by Gasteiger charge is 2.08. The number of pyridine rings is 1. The average molecular weight is 166 g/mol. The first-order valence-electron chi connectivity index (χ1n) is 3.67. The monoisotopic (exact) mass is 166 g/mol. The fourth-order valence-corrected chi connectivity index (χ4v) is 0.834. The van der Waals surface area contributed by atoms with Crippen LogP contribution in [0.2, 0.25) is 0 Å². The molecule has 1 heterocycles. The van der Waals surface area contributed by atoms with Crippen molar-refractivity contribution in [1.82, 2.24) is 10.3 Å². The first-order chi connectivity index (χ1) is 5.75. The lowest BCUT2D eigenvalue weighted by Gasteiger charge is -2.02. The van der Waals surface area contributed by atoms with Crippen LogP contribution in [-0.2, 0) is 0 Å². The number of carbonyl (C=O) groups excluding carboxylic acids is 1. The van der Waals surface area contributed by atoms with Gasteiger partial charge < -0.3 is 10.4 Å². The van der Waals surface area contributed by atoms with Gasteiger partial charge in [0.15, 0.2) is 0 Å². The molecular weight excluding hydrogens is 156 g/mol. The molecule has 4 nitrogen and oxygen atoms in total. The molecule has 0 aromatic carbocycles. The fraction of sp³-hybridized carbons (Fsp3) is 0.250. The molecule has 0 atom stereocenters. The molecule has 0 saturated carbocycles. The molecule has 0 aliphatic heterocycles. The first-order valence-corrected chi connectivity index (χ1v) is 3.67. The Hall–Kier alpha value is -1.58. The Bertz CT molecular complexity index is 286. The van der Waals surface area contributed by atoms with Gasteiger partial charge >= 0.3 is 0 Å². The number of nitrogens with zero attached hydrogens (tertiary/aromatic N) is 1. The number of aromatic hydroxyl groups is 1. The van der Waals surface area contributed by atoms with Gasteiger partial charge in [0.25, 0.3) is 5.91 Å². The van der Waals surface area contributed by atoms with Crippen LogP contribution in [0.3, 0.4) is 0 Å². The van der Waals surface area contributed by atoms with Crippen molar-refractivity contribution in [1.29, 1.82) is 0 Å². The molecule has 12 heavy (non-hydrogen) atoms. The van der Waals surface area contributed by atoms with Gasteiger partial charge in [0.1, 0.15) is 5.75 Å². The molecule has 64 valence electrons. The van der Waals surface area contributed by atoms with E-state index in [-0.39, 0.29) is 17.2 Å². The number of rotatable bonds is 2. The second-order valence-electron chi connectivity index (χ2n) is 2.25. The Morgan fingerprint density at radius 3 is 3.08 bits per heavy atom. The molecule has 0 radical (unpaired) electrons. The summed E-state index contributed by atoms with van der Waals surface area (Å²) in [4.78, 5) is 14.8. The van der Waals surface area contributed by atoms with Gasteiger partial charge in [0, 0.05) is 12.7 Å². The van der Waals surface area contributed by atoms with E-state index in [4.69, 9.17) is 0 Å². The van der Waals surface area contributed by atoms with Crippen LogP contribution >= 0.6 is 0 Å². The molecule has 0 aliphatic rings. The van der Waals surface area contributed by atoms with E-state index in [1.54, 1.807) is 0 Å². The Balaban J connectivity index is 2.87. The van der Waals surface area contributed by atoms with E-state index in [1.807, 2.05) is 6.92 Å². The minimum atomic E-state index is -0.280. The minimum absolute atomic E-state index is 0.0940. The largest absolute Gasteiger partial charge is 0.505 e. The summed E-state index contributed by atoms with van der Waals surface area (Å²) in [5.74, 6) is -0.374. The Labute approximate surface area is 70.3 Å². The third kappa shape index (κ3) is 1.72. The molecule has 1 aromatic heterocycles. The van der Waals surface area contributed by atoms with Gasteiger partial charge in [0.2, 0.25) is 0 Å². The molecule has 1 amide bonds. The van der Waals surface area contributed by atoms with Crippen LogP contribution < -0.4 is 5.32 Å². The maximum Gasteiger partial charge on any atom is 0.255 e. The van der Waals surface area contributed by atoms with E-state index >= 15 is 0 Å². The van der Waals surface area contributed by atoms with Crippen molar-refractivity contribution in [3.05, 3.63) is 24.0 Å². The fourth-order valence-electron chi connectivity index (χ4n) is 0.834. The molecule has 0 bridgehead atoms. The summed E-state index contributed by atoms with van der Waals surface area (Å²) in [5.41, 5.74) is 0.256. The Kier molecular flexibility index (Phi) is 2.63. The average Bonchev–Trinajstić information content (AvgIpc) is 2.05. The highest BCUT2D eigenvalue weighted by molar-refractivity contribution is 5.96. The summed E-state index contributed by atoms with van der Waals surface area (Å²) < 4.78 is 0. The van der Waals surface area contributed by atoms with E-state index in [1.165, 1.54) is 18.5 Å². The molecule has 0 saturated heterocycles. The summed E-state index contributed by atoms with van der Waals surface area (Å²) in [7, 11) is 0. The van der Waals surface area contributed by atoms with Crippen LogP contribution in [0.15, 0.2) is 18.5 Å². The normalized spacial score (nSPS) is 9.42. The smallest absolute Gasteiger partial charge is 0.255 e. The van der Waals surface area contributed by atoms with Gasteiger partial charge in [-0.2, -0.15) is 0 Å². The SMILES string of the molecule is CCNC(=O)c1ccncc1O. The van der Waals surface area contributed by atoms with Crippen LogP contribution in [-0.4, -0.2) is 22.5 Å². The van der Waals surface area contributed by atoms with Gasteiger partial charge in [-0.05, 0) is 13.0 Å². The first kappa shape index (κ1) is 8.52. The van der Waals surface area contributed by atoms with Gasteiger partial charge in [-0.15, -0.1) is 0 Å². The summed E-state index contributed by atoms with van der Waals surface area (Å²) in [6.07, 6.45) is 2.70. The van der Waals surface area contributed by atoms with E-state index < -0.39 is 0 Å². The summed E-state index contributed by atoms with van der Waals surface area (Å²) in [6, 6.07) is 1.47. The number of amides is 1. The number of hydrogen-bond acceptors (Lipinski definition) is 3. The molecule has 1 rings (SSSR count). The molecule has 0 fully saturated rings. The van der Waals surface area contributed by atoms with Crippen molar-refractivity contribution in [3.8, 4) is 5.75 Å². The van der Waals surface area contributed by atoms with Gasteiger partial charge in [0.05, 0.1) is 11.8 Å². The number of aromatic nitrogens is 1. The predicted molar refractivity (Wildman–Crippen MR) is 43.9 cm³/mol. The van der Waals surface area contributed by atoms with Crippen molar-refractivity contribution >= 4 is 5.91 Å². The van der Waals surface area contributed by atoms with Crippen molar-refractivity contribution in [2.75, 3.05) is 6.54 Å². The zero-order valence-electron chi connectivity index (χ0n) is 6.74. The predicted octanol–water partition coefficient (Wildman–Crippen LogP) is 0.537. The van der Waals surface area contributed by atoms with E-state index in [9.17, 15) is 9.90 Å². The lowest BCUT2D eigenvalue weighted by atomic mass is 10.2. The van der Waals surface area contributed by atoms with Crippen molar-refractivity contribution in [3.63, 3.8) is 0 Å². The van der Waals surface area contributed by atoms with E-state index in [0.29, 0.717) is 6.54 Å². The van der Waals surface area contributed by atoms with Crippen LogP contribution in [0, 0.1) is 0 Å². The highest BCUT2D eigenvalue weighted by atomic mass is 16.3. The third-order valence-corrected chi connectivity index (χ3v) is 1.38. The highest BCUT2D eigenvalue weighted by Crippen LogP contribution is 2.12. The van der Waals surface area contributed by atoms with Gasteiger partial charge in [-0.3, -0.25) is 9.78 Å². The molecule has 4 heteroatoms. The van der Waals surface area contributed by atoms with Crippen molar-refractivity contribution in [2.45, 2.75) is 6.92 Å². The van der Waals surface area contributed by atoms with Crippen LogP contribution in [0.1, 0.15) is 17.3 Å². The minimum Gasteiger partial charge on any atom is -0.505 e. The summed E-state index contributed by atoms with van der Waals surface area (Å²) >= 11 is 0. The quantitative estimate of drug-likeness (QED) is 0.674. The summed E-state index contributed by atoms with van der Waals surface area (Å²) in [6.45, 7) is 2.36. The zero-order chi connectivity index (χ0) is 8.97. The molecule has 1 aromatic rings. The van der Waals surface area contributed by atoms with E-state index in [2.05, 4.69) is 10.3 Å². The molecular formula is C8H10N2O2. The lowest BCUT2D eigenvalue weighted by Crippen LogP contribution is -2.22. The Morgan fingerprint density at radius 1 is 1.75 bits per heavy atom. The van der Waals surface area contributed by atoms with Crippen molar-refractivity contribution < 1.29 is 9.90 Å². The van der Waals surface area contributed by atoms with Gasteiger partial charge in [-0.25, -0.2) is 0 Å². The van der Waals surface area contributed by atoms with E-state index in [0.717, 1.165) is 0 Å². The van der Waals surface area contributed by atoms with Crippen LogP contribution in [0.4, 0.5) is 0 Å². The second-order valence-corrected chi connectivity index (χ2v) is 2.25. The second kappa shape index (κ2) is 3.71. The number of carbonyl (C=O) groups is 1. The molecule has 0 aliphatic carbocycles. The molecule has 0 spiro atoms. The summed E-state index contributed by atoms with van der Waals surface area (Å²) in [5, 5.41) is 11.8. The molecule has 2 N–H and O–H groups in total. The van der Waals surface area contributed by atoms with Crippen molar-refractivity contribution in [2.24, 2.45) is 0 Å². The maximum atomic E-state index is 11.2. The standard InChI is InChI=1S/C8H10N2O2/c1-2-10-8(12)6-3-4-9-5-7(6)11/h3-5,11H,2H2,1H3,(H,10,12).